The summed E-state index contributed by atoms with van der Waals surface area (Å²) in [7, 11) is 1.74. The summed E-state index contributed by atoms with van der Waals surface area (Å²) in [6, 6.07) is 9.15. The molecule has 0 unspecified atom stereocenters. The number of hydrogen-bond donors (Lipinski definition) is 0. The van der Waals surface area contributed by atoms with Gasteiger partial charge in [0.15, 0.2) is 0 Å². The number of alkyl halides is 1. The lowest BCUT2D eigenvalue weighted by molar-refractivity contribution is 0.204. The Labute approximate surface area is 107 Å². The lowest BCUT2D eigenvalue weighted by Gasteiger charge is -2.28. The molecule has 0 fully saturated rings. The van der Waals surface area contributed by atoms with Crippen LogP contribution in [0.3, 0.4) is 0 Å². The van der Waals surface area contributed by atoms with Gasteiger partial charge in [0.2, 0.25) is 0 Å². The van der Waals surface area contributed by atoms with Crippen LogP contribution in [0, 0.1) is 0 Å². The molecule has 0 N–H and O–H groups in total. The molecule has 1 aromatic rings. The van der Waals surface area contributed by atoms with E-state index in [1.807, 2.05) is 0 Å². The molecule has 1 rings (SSSR count). The van der Waals surface area contributed by atoms with Crippen molar-refractivity contribution in [2.75, 3.05) is 25.2 Å². The molecule has 90 valence electrons. The fourth-order valence-electron chi connectivity index (χ4n) is 1.65. The number of hydrogen-bond acceptors (Lipinski definition) is 2. The van der Waals surface area contributed by atoms with Crippen molar-refractivity contribution in [3.63, 3.8) is 0 Å². The second-order valence-corrected chi connectivity index (χ2v) is 4.64. The van der Waals surface area contributed by atoms with E-state index in [0.717, 1.165) is 18.5 Å². The summed E-state index contributed by atoms with van der Waals surface area (Å²) < 4.78 is 5.14. The summed E-state index contributed by atoms with van der Waals surface area (Å²) in [5.41, 5.74) is 2.57. The van der Waals surface area contributed by atoms with Crippen LogP contribution >= 0.6 is 15.9 Å². The molecule has 2 nitrogen and oxygen atoms in total. The summed E-state index contributed by atoms with van der Waals surface area (Å²) in [5.74, 6) is 0. The number of benzene rings is 1. The van der Waals surface area contributed by atoms with E-state index in [1.54, 1.807) is 7.11 Å². The van der Waals surface area contributed by atoms with Gasteiger partial charge >= 0.3 is 0 Å². The molecule has 16 heavy (non-hydrogen) atoms. The van der Waals surface area contributed by atoms with E-state index in [4.69, 9.17) is 4.74 Å². The van der Waals surface area contributed by atoms with Crippen molar-refractivity contribution in [3.8, 4) is 0 Å². The molecule has 0 bridgehead atoms. The van der Waals surface area contributed by atoms with Crippen molar-refractivity contribution in [2.24, 2.45) is 0 Å². The first kappa shape index (κ1) is 13.5. The fourth-order valence-corrected chi connectivity index (χ4v) is 2.03. The predicted octanol–water partition coefficient (Wildman–Crippen LogP) is 3.44. The van der Waals surface area contributed by atoms with Gasteiger partial charge in [-0.15, -0.1) is 0 Å². The Hall–Kier alpha value is -0.540. The molecule has 0 radical (unpaired) electrons. The Kier molecular flexibility index (Phi) is 5.85. The van der Waals surface area contributed by atoms with Crippen LogP contribution in [-0.2, 0) is 10.1 Å². The van der Waals surface area contributed by atoms with E-state index in [2.05, 4.69) is 58.9 Å². The van der Waals surface area contributed by atoms with Crippen LogP contribution in [0.2, 0.25) is 0 Å². The highest BCUT2D eigenvalue weighted by atomic mass is 79.9. The minimum absolute atomic E-state index is 0.491. The number of rotatable bonds is 6. The van der Waals surface area contributed by atoms with Crippen molar-refractivity contribution >= 4 is 21.6 Å². The maximum absolute atomic E-state index is 5.14. The first-order valence-electron chi connectivity index (χ1n) is 5.59. The molecule has 1 aromatic carbocycles. The maximum Gasteiger partial charge on any atom is 0.0637 e. The Bertz CT molecular complexity index is 297. The first-order chi connectivity index (χ1) is 7.69. The third-order valence-corrected chi connectivity index (χ3v) is 3.23. The molecule has 0 amide bonds. The van der Waals surface area contributed by atoms with Gasteiger partial charge in [-0.2, -0.15) is 0 Å². The molecule has 0 spiro atoms. The molecule has 0 aliphatic rings. The van der Waals surface area contributed by atoms with Crippen molar-refractivity contribution in [3.05, 3.63) is 29.8 Å². The van der Waals surface area contributed by atoms with E-state index < -0.39 is 0 Å². The van der Waals surface area contributed by atoms with Crippen LogP contribution in [0.4, 0.5) is 5.69 Å². The largest absolute Gasteiger partial charge is 0.383 e. The molecule has 0 heterocycles. The summed E-state index contributed by atoms with van der Waals surface area (Å²) >= 11 is 3.46. The molecule has 0 aromatic heterocycles. The number of halogens is 1. The summed E-state index contributed by atoms with van der Waals surface area (Å²) in [5, 5.41) is 0.910. The van der Waals surface area contributed by atoms with Gasteiger partial charge in [-0.25, -0.2) is 0 Å². The molecule has 3 heteroatoms. The molecule has 0 atom stereocenters. The molecule has 0 aliphatic carbocycles. The molecular formula is C13H20BrNO. The highest BCUT2D eigenvalue weighted by Gasteiger charge is 2.09. The summed E-state index contributed by atoms with van der Waals surface area (Å²) in [4.78, 5) is 2.35. The monoisotopic (exact) mass is 285 g/mol. The summed E-state index contributed by atoms with van der Waals surface area (Å²) in [6.45, 7) is 6.10. The van der Waals surface area contributed by atoms with Crippen LogP contribution < -0.4 is 4.90 Å². The standard InChI is InChI=1S/C13H20BrNO/c1-11(2)15(8-9-16-3)13-6-4-12(10-14)5-7-13/h4-7,11H,8-10H2,1-3H3. The Balaban J connectivity index is 2.75. The highest BCUT2D eigenvalue weighted by Crippen LogP contribution is 2.18. The van der Waals surface area contributed by atoms with Crippen LogP contribution in [0.1, 0.15) is 19.4 Å². The van der Waals surface area contributed by atoms with Gasteiger partial charge in [0, 0.05) is 30.7 Å². The van der Waals surface area contributed by atoms with Crippen molar-refractivity contribution in [1.29, 1.82) is 0 Å². The number of nitrogens with zero attached hydrogens (tertiary/aromatic N) is 1. The van der Waals surface area contributed by atoms with Gasteiger partial charge in [-0.1, -0.05) is 28.1 Å². The lowest BCUT2D eigenvalue weighted by atomic mass is 10.2. The zero-order valence-electron chi connectivity index (χ0n) is 10.2. The third-order valence-electron chi connectivity index (χ3n) is 2.58. The predicted molar refractivity (Wildman–Crippen MR) is 73.4 cm³/mol. The van der Waals surface area contributed by atoms with E-state index in [9.17, 15) is 0 Å². The Morgan fingerprint density at radius 1 is 1.25 bits per heavy atom. The molecular weight excluding hydrogens is 266 g/mol. The lowest BCUT2D eigenvalue weighted by Crippen LogP contribution is -2.33. The van der Waals surface area contributed by atoms with E-state index in [1.165, 1.54) is 11.3 Å². The van der Waals surface area contributed by atoms with Crippen LogP contribution in [0.25, 0.3) is 0 Å². The first-order valence-corrected chi connectivity index (χ1v) is 6.71. The normalized spacial score (nSPS) is 10.8. The van der Waals surface area contributed by atoms with Crippen molar-refractivity contribution < 1.29 is 4.74 Å². The number of anilines is 1. The summed E-state index contributed by atoms with van der Waals surface area (Å²) in [6.07, 6.45) is 0. The van der Waals surface area contributed by atoms with E-state index in [-0.39, 0.29) is 0 Å². The van der Waals surface area contributed by atoms with Crippen molar-refractivity contribution in [1.82, 2.24) is 0 Å². The zero-order valence-corrected chi connectivity index (χ0v) is 11.8. The van der Waals surface area contributed by atoms with Crippen LogP contribution in [0.5, 0.6) is 0 Å². The van der Waals surface area contributed by atoms with Gasteiger partial charge in [-0.05, 0) is 31.5 Å². The second kappa shape index (κ2) is 6.92. The van der Waals surface area contributed by atoms with Gasteiger partial charge < -0.3 is 9.64 Å². The van der Waals surface area contributed by atoms with E-state index >= 15 is 0 Å². The zero-order chi connectivity index (χ0) is 12.0. The van der Waals surface area contributed by atoms with Gasteiger partial charge in [-0.3, -0.25) is 0 Å². The average molecular weight is 286 g/mol. The third kappa shape index (κ3) is 3.80. The molecule has 0 aliphatic heterocycles. The van der Waals surface area contributed by atoms with Crippen LogP contribution in [-0.4, -0.2) is 26.3 Å². The van der Waals surface area contributed by atoms with E-state index in [0.29, 0.717) is 6.04 Å². The van der Waals surface area contributed by atoms with Gasteiger partial charge in [0.05, 0.1) is 6.61 Å². The maximum atomic E-state index is 5.14. The molecule has 0 saturated heterocycles. The molecule has 0 saturated carbocycles. The second-order valence-electron chi connectivity index (χ2n) is 4.08. The minimum atomic E-state index is 0.491. The smallest absolute Gasteiger partial charge is 0.0637 e. The van der Waals surface area contributed by atoms with Crippen molar-refractivity contribution in [2.45, 2.75) is 25.2 Å². The quantitative estimate of drug-likeness (QED) is 0.743. The number of ether oxygens (including phenoxy) is 1. The minimum Gasteiger partial charge on any atom is -0.383 e. The Morgan fingerprint density at radius 3 is 2.31 bits per heavy atom. The average Bonchev–Trinajstić information content (AvgIpc) is 2.30. The topological polar surface area (TPSA) is 12.5 Å². The SMILES string of the molecule is COCCN(c1ccc(CBr)cc1)C(C)C. The van der Waals surface area contributed by atoms with Crippen LogP contribution in [0.15, 0.2) is 24.3 Å². The fraction of sp³-hybridized carbons (Fsp3) is 0.538. The highest BCUT2D eigenvalue weighted by molar-refractivity contribution is 9.08. The Morgan fingerprint density at radius 2 is 1.88 bits per heavy atom. The number of methoxy groups -OCH3 is 1. The van der Waals surface area contributed by atoms with Gasteiger partial charge in [0.1, 0.15) is 0 Å². The van der Waals surface area contributed by atoms with Gasteiger partial charge in [0.25, 0.3) is 0 Å².